The van der Waals surface area contributed by atoms with Gasteiger partial charge in [0.15, 0.2) is 3.77 Å². The van der Waals surface area contributed by atoms with Gasteiger partial charge in [0.2, 0.25) is 0 Å². The fraction of sp³-hybridized carbons (Fsp3) is 0.0870. The smallest absolute Gasteiger partial charge is 0.287 e. The number of hydrazone groups is 1. The number of nitrogens with zero attached hydrogens (tertiary/aromatic N) is 2. The summed E-state index contributed by atoms with van der Waals surface area (Å²) in [7, 11) is 3.89. The Morgan fingerprint density at radius 2 is 1.71 bits per heavy atom. The minimum absolute atomic E-state index is 0.0673. The zero-order chi connectivity index (χ0) is 22.2. The molecule has 0 spiro atoms. The topological polar surface area (TPSA) is 86.9 Å². The van der Waals surface area contributed by atoms with Gasteiger partial charge in [-0.2, -0.15) is 5.10 Å². The van der Waals surface area contributed by atoms with E-state index >= 15 is 0 Å². The summed E-state index contributed by atoms with van der Waals surface area (Å²) in [4.78, 5) is 27.3. The van der Waals surface area contributed by atoms with Crippen molar-refractivity contribution in [2.75, 3.05) is 19.0 Å². The standard InChI is InChI=1S/C23H21IN4O3/c1-28(2)18-10-8-16(9-11-18)14-20(26-22(29)17-6-4-3-5-7-17)23(30)27-25-15-19-12-13-21(24)31-19/h3-15H,1-2H3,(H,26,29)(H,27,30)/b20-14+,25-15-. The zero-order valence-corrected chi connectivity index (χ0v) is 19.2. The van der Waals surface area contributed by atoms with E-state index in [-0.39, 0.29) is 5.70 Å². The van der Waals surface area contributed by atoms with Gasteiger partial charge in [-0.3, -0.25) is 9.59 Å². The molecular formula is C23H21IN4O3. The average molecular weight is 528 g/mol. The maximum Gasteiger partial charge on any atom is 0.287 e. The monoisotopic (exact) mass is 528 g/mol. The molecule has 0 aliphatic carbocycles. The van der Waals surface area contributed by atoms with E-state index in [4.69, 9.17) is 4.42 Å². The number of benzene rings is 2. The minimum atomic E-state index is -0.557. The van der Waals surface area contributed by atoms with Crippen LogP contribution in [-0.2, 0) is 4.79 Å². The molecule has 0 radical (unpaired) electrons. The van der Waals surface area contributed by atoms with E-state index < -0.39 is 11.8 Å². The van der Waals surface area contributed by atoms with Gasteiger partial charge in [0.25, 0.3) is 11.8 Å². The summed E-state index contributed by atoms with van der Waals surface area (Å²) in [6.45, 7) is 0. The third-order valence-electron chi connectivity index (χ3n) is 4.20. The highest BCUT2D eigenvalue weighted by Gasteiger charge is 2.14. The van der Waals surface area contributed by atoms with E-state index in [1.54, 1.807) is 42.5 Å². The molecule has 0 atom stereocenters. The average Bonchev–Trinajstić information content (AvgIpc) is 3.19. The number of hydrogen-bond donors (Lipinski definition) is 2. The quantitative estimate of drug-likeness (QED) is 0.211. The molecule has 0 aliphatic rings. The largest absolute Gasteiger partial charge is 0.449 e. The van der Waals surface area contributed by atoms with E-state index in [1.807, 2.05) is 71.9 Å². The lowest BCUT2D eigenvalue weighted by atomic mass is 10.1. The summed E-state index contributed by atoms with van der Waals surface area (Å²) >= 11 is 2.04. The Balaban J connectivity index is 1.81. The van der Waals surface area contributed by atoms with Crippen molar-refractivity contribution in [3.05, 3.63) is 93.1 Å². The number of carbonyl (C=O) groups is 2. The molecule has 3 aromatic rings. The fourth-order valence-corrected chi connectivity index (χ4v) is 3.02. The van der Waals surface area contributed by atoms with Crippen LogP contribution in [0.15, 0.2) is 81.9 Å². The van der Waals surface area contributed by atoms with Crippen molar-refractivity contribution in [3.63, 3.8) is 0 Å². The SMILES string of the molecule is CN(C)c1ccc(/C=C(/NC(=O)c2ccccc2)C(=O)N/N=C\c2ccc(I)o2)cc1. The summed E-state index contributed by atoms with van der Waals surface area (Å²) in [5, 5.41) is 6.59. The van der Waals surface area contributed by atoms with E-state index in [0.717, 1.165) is 11.3 Å². The number of halogens is 1. The second-order valence-electron chi connectivity index (χ2n) is 6.71. The highest BCUT2D eigenvalue weighted by molar-refractivity contribution is 14.1. The molecule has 1 heterocycles. The summed E-state index contributed by atoms with van der Waals surface area (Å²) in [5.41, 5.74) is 4.71. The molecule has 0 aliphatic heterocycles. The number of anilines is 1. The van der Waals surface area contributed by atoms with Crippen molar-refractivity contribution in [3.8, 4) is 0 Å². The van der Waals surface area contributed by atoms with Gasteiger partial charge in [0, 0.05) is 25.3 Å². The molecule has 2 N–H and O–H groups in total. The molecule has 2 aromatic carbocycles. The number of nitrogens with one attached hydrogen (secondary N) is 2. The first-order valence-electron chi connectivity index (χ1n) is 9.36. The Morgan fingerprint density at radius 3 is 2.32 bits per heavy atom. The van der Waals surface area contributed by atoms with Gasteiger partial charge in [-0.1, -0.05) is 30.3 Å². The summed E-state index contributed by atoms with van der Waals surface area (Å²) < 4.78 is 6.08. The molecular weight excluding hydrogens is 507 g/mol. The van der Waals surface area contributed by atoms with Crippen LogP contribution in [0.5, 0.6) is 0 Å². The van der Waals surface area contributed by atoms with Crippen LogP contribution in [0.25, 0.3) is 6.08 Å². The van der Waals surface area contributed by atoms with Crippen LogP contribution in [0.1, 0.15) is 21.7 Å². The summed E-state index contributed by atoms with van der Waals surface area (Å²) in [5.74, 6) is -0.447. The number of carbonyl (C=O) groups excluding carboxylic acids is 2. The highest BCUT2D eigenvalue weighted by Crippen LogP contribution is 2.15. The van der Waals surface area contributed by atoms with Crippen molar-refractivity contribution in [1.29, 1.82) is 0 Å². The lowest BCUT2D eigenvalue weighted by molar-refractivity contribution is -0.117. The van der Waals surface area contributed by atoms with Crippen LogP contribution in [0.4, 0.5) is 5.69 Å². The normalized spacial score (nSPS) is 11.4. The molecule has 2 amide bonds. The van der Waals surface area contributed by atoms with Crippen molar-refractivity contribution in [2.45, 2.75) is 0 Å². The van der Waals surface area contributed by atoms with Crippen molar-refractivity contribution in [1.82, 2.24) is 10.7 Å². The van der Waals surface area contributed by atoms with E-state index in [1.165, 1.54) is 6.21 Å². The highest BCUT2D eigenvalue weighted by atomic mass is 127. The molecule has 0 bridgehead atoms. The van der Waals surface area contributed by atoms with Gasteiger partial charge in [0.1, 0.15) is 11.5 Å². The maximum absolute atomic E-state index is 12.7. The molecule has 0 saturated heterocycles. The van der Waals surface area contributed by atoms with Gasteiger partial charge in [-0.15, -0.1) is 0 Å². The van der Waals surface area contributed by atoms with Gasteiger partial charge >= 0.3 is 0 Å². The second-order valence-corrected chi connectivity index (χ2v) is 7.77. The van der Waals surface area contributed by atoms with Crippen LogP contribution < -0.4 is 15.6 Å². The van der Waals surface area contributed by atoms with Gasteiger partial charge in [0.05, 0.1) is 6.21 Å². The number of hydrogen-bond acceptors (Lipinski definition) is 5. The van der Waals surface area contributed by atoms with Crippen LogP contribution in [0.2, 0.25) is 0 Å². The van der Waals surface area contributed by atoms with Gasteiger partial charge in [-0.05, 0) is 70.6 Å². The first-order chi connectivity index (χ1) is 14.9. The van der Waals surface area contributed by atoms with Crippen molar-refractivity contribution >= 4 is 52.4 Å². The molecule has 7 nitrogen and oxygen atoms in total. The minimum Gasteiger partial charge on any atom is -0.449 e. The molecule has 0 saturated carbocycles. The predicted molar refractivity (Wildman–Crippen MR) is 130 cm³/mol. The van der Waals surface area contributed by atoms with E-state index in [2.05, 4.69) is 15.8 Å². The summed E-state index contributed by atoms with van der Waals surface area (Å²) in [6.07, 6.45) is 2.99. The molecule has 0 unspecified atom stereocenters. The molecule has 158 valence electrons. The molecule has 0 fully saturated rings. The molecule has 8 heteroatoms. The third kappa shape index (κ3) is 6.54. The lowest BCUT2D eigenvalue weighted by Gasteiger charge is -2.12. The third-order valence-corrected chi connectivity index (χ3v) is 4.78. The maximum atomic E-state index is 12.7. The van der Waals surface area contributed by atoms with E-state index in [9.17, 15) is 9.59 Å². The van der Waals surface area contributed by atoms with Crippen molar-refractivity contribution < 1.29 is 14.0 Å². The summed E-state index contributed by atoms with van der Waals surface area (Å²) in [6, 6.07) is 19.8. The number of furan rings is 1. The van der Waals surface area contributed by atoms with Crippen LogP contribution >= 0.6 is 22.6 Å². The van der Waals surface area contributed by atoms with Crippen LogP contribution in [-0.4, -0.2) is 32.1 Å². The lowest BCUT2D eigenvalue weighted by Crippen LogP contribution is -2.32. The first-order valence-corrected chi connectivity index (χ1v) is 10.4. The number of amides is 2. The Morgan fingerprint density at radius 1 is 1.00 bits per heavy atom. The first kappa shape index (κ1) is 22.3. The Bertz CT molecular complexity index is 1100. The molecule has 31 heavy (non-hydrogen) atoms. The predicted octanol–water partition coefficient (Wildman–Crippen LogP) is 3.87. The Hall–Kier alpha value is -3.40. The Labute approximate surface area is 194 Å². The van der Waals surface area contributed by atoms with Crippen LogP contribution in [0, 0.1) is 3.77 Å². The molecule has 3 rings (SSSR count). The second kappa shape index (κ2) is 10.6. The van der Waals surface area contributed by atoms with E-state index in [0.29, 0.717) is 15.1 Å². The number of rotatable bonds is 7. The Kier molecular flexibility index (Phi) is 7.60. The fourth-order valence-electron chi connectivity index (χ4n) is 2.59. The zero-order valence-electron chi connectivity index (χ0n) is 17.0. The van der Waals surface area contributed by atoms with Gasteiger partial charge in [-0.25, -0.2) is 5.43 Å². The molecule has 1 aromatic heterocycles. The van der Waals surface area contributed by atoms with Gasteiger partial charge < -0.3 is 14.6 Å². The van der Waals surface area contributed by atoms with Crippen molar-refractivity contribution in [2.24, 2.45) is 5.10 Å². The van der Waals surface area contributed by atoms with Crippen LogP contribution in [0.3, 0.4) is 0 Å².